The molecule has 1 amide bonds. The summed E-state index contributed by atoms with van der Waals surface area (Å²) in [6, 6.07) is 9.30. The van der Waals surface area contributed by atoms with Crippen LogP contribution in [0.4, 0.5) is 5.69 Å². The van der Waals surface area contributed by atoms with Gasteiger partial charge in [-0.1, -0.05) is 12.1 Å². The van der Waals surface area contributed by atoms with Crippen LogP contribution < -0.4 is 10.9 Å². The number of aromatic nitrogens is 2. The minimum absolute atomic E-state index is 0.183. The lowest BCUT2D eigenvalue weighted by molar-refractivity contribution is 0.102. The monoisotopic (exact) mass is 365 g/mol. The van der Waals surface area contributed by atoms with Gasteiger partial charge in [0.1, 0.15) is 0 Å². The van der Waals surface area contributed by atoms with Crippen molar-refractivity contribution in [2.24, 2.45) is 0 Å². The highest BCUT2D eigenvalue weighted by Crippen LogP contribution is 2.19. The Hall–Kier alpha value is -2.99. The summed E-state index contributed by atoms with van der Waals surface area (Å²) >= 11 is 0. The van der Waals surface area contributed by atoms with Crippen molar-refractivity contribution in [3.8, 4) is 0 Å². The van der Waals surface area contributed by atoms with Gasteiger partial charge in [0.15, 0.2) is 0 Å². The van der Waals surface area contributed by atoms with Crippen LogP contribution in [0.5, 0.6) is 0 Å². The van der Waals surface area contributed by atoms with Crippen molar-refractivity contribution < 1.29 is 9.53 Å². The smallest absolute Gasteiger partial charge is 0.260 e. The minimum atomic E-state index is -0.276. The number of methoxy groups -OCH3 is 1. The van der Waals surface area contributed by atoms with Crippen molar-refractivity contribution in [1.82, 2.24) is 9.55 Å². The third-order valence-electron chi connectivity index (χ3n) is 4.57. The normalized spacial score (nSPS) is 11.0. The quantitative estimate of drug-likeness (QED) is 0.753. The molecular weight excluding hydrogens is 342 g/mol. The van der Waals surface area contributed by atoms with Gasteiger partial charge in [-0.2, -0.15) is 0 Å². The number of hydrogen-bond acceptors (Lipinski definition) is 4. The maximum absolute atomic E-state index is 12.8. The van der Waals surface area contributed by atoms with Gasteiger partial charge >= 0.3 is 0 Å². The number of hydrogen-bond donors (Lipinski definition) is 1. The molecule has 2 aromatic heterocycles. The summed E-state index contributed by atoms with van der Waals surface area (Å²) in [7, 11) is 1.59. The first-order valence-electron chi connectivity index (χ1n) is 8.79. The van der Waals surface area contributed by atoms with Gasteiger partial charge < -0.3 is 14.6 Å². The Morgan fingerprint density at radius 2 is 1.96 bits per heavy atom. The van der Waals surface area contributed by atoms with E-state index in [1.54, 1.807) is 36.9 Å². The number of amides is 1. The molecule has 0 aliphatic rings. The molecule has 0 bridgehead atoms. The molecule has 6 nitrogen and oxygen atoms in total. The Bertz CT molecular complexity index is 1070. The first-order chi connectivity index (χ1) is 12.9. The zero-order valence-corrected chi connectivity index (χ0v) is 16.0. The standard InChI is InChI=1S/C21H23N3O3/c1-13-5-6-14(2)19(11-13)23-20(25)16-12-17-18(22-15(16)3)7-8-24(21(17)26)9-10-27-4/h5-8,11-12H,9-10H2,1-4H3,(H,23,25). The van der Waals surface area contributed by atoms with E-state index in [4.69, 9.17) is 4.74 Å². The van der Waals surface area contributed by atoms with Crippen LogP contribution in [-0.2, 0) is 11.3 Å². The lowest BCUT2D eigenvalue weighted by Gasteiger charge is -2.12. The Morgan fingerprint density at radius 1 is 1.19 bits per heavy atom. The van der Waals surface area contributed by atoms with Gasteiger partial charge in [0, 0.05) is 25.5 Å². The Labute approximate surface area is 157 Å². The van der Waals surface area contributed by atoms with E-state index in [1.165, 1.54) is 0 Å². The molecule has 6 heteroatoms. The van der Waals surface area contributed by atoms with E-state index >= 15 is 0 Å². The molecule has 0 spiro atoms. The van der Waals surface area contributed by atoms with Gasteiger partial charge in [0.25, 0.3) is 11.5 Å². The molecule has 0 atom stereocenters. The van der Waals surface area contributed by atoms with Gasteiger partial charge in [-0.05, 0) is 50.1 Å². The number of carbonyl (C=O) groups excluding carboxylic acids is 1. The van der Waals surface area contributed by atoms with Gasteiger partial charge in [-0.25, -0.2) is 0 Å². The van der Waals surface area contributed by atoms with E-state index in [1.807, 2.05) is 32.0 Å². The highest BCUT2D eigenvalue weighted by molar-refractivity contribution is 6.07. The molecule has 2 heterocycles. The molecule has 3 aromatic rings. The van der Waals surface area contributed by atoms with Crippen LogP contribution in [0.25, 0.3) is 10.9 Å². The van der Waals surface area contributed by atoms with Crippen molar-refractivity contribution in [1.29, 1.82) is 0 Å². The molecule has 0 saturated carbocycles. The topological polar surface area (TPSA) is 73.2 Å². The first kappa shape index (κ1) is 18.8. The average molecular weight is 365 g/mol. The number of aryl methyl sites for hydroxylation is 3. The zero-order valence-electron chi connectivity index (χ0n) is 16.0. The van der Waals surface area contributed by atoms with Crippen LogP contribution in [-0.4, -0.2) is 29.2 Å². The fraction of sp³-hybridized carbons (Fsp3) is 0.286. The summed E-state index contributed by atoms with van der Waals surface area (Å²) < 4.78 is 6.61. The lowest BCUT2D eigenvalue weighted by Crippen LogP contribution is -2.23. The minimum Gasteiger partial charge on any atom is -0.383 e. The van der Waals surface area contributed by atoms with Crippen LogP contribution in [0.2, 0.25) is 0 Å². The molecule has 27 heavy (non-hydrogen) atoms. The second-order valence-corrected chi connectivity index (χ2v) is 6.63. The van der Waals surface area contributed by atoms with Crippen molar-refractivity contribution in [2.45, 2.75) is 27.3 Å². The van der Waals surface area contributed by atoms with Crippen LogP contribution in [0, 0.1) is 20.8 Å². The Morgan fingerprint density at radius 3 is 2.70 bits per heavy atom. The van der Waals surface area contributed by atoms with Crippen LogP contribution in [0.3, 0.4) is 0 Å². The molecule has 140 valence electrons. The van der Waals surface area contributed by atoms with E-state index in [0.29, 0.717) is 35.3 Å². The van der Waals surface area contributed by atoms with Gasteiger partial charge in [0.05, 0.1) is 28.8 Å². The summed E-state index contributed by atoms with van der Waals surface area (Å²) in [4.78, 5) is 30.0. The van der Waals surface area contributed by atoms with E-state index in [-0.39, 0.29) is 11.5 Å². The fourth-order valence-corrected chi connectivity index (χ4v) is 2.96. The van der Waals surface area contributed by atoms with Crippen molar-refractivity contribution in [3.05, 3.63) is 69.3 Å². The lowest BCUT2D eigenvalue weighted by atomic mass is 10.1. The van der Waals surface area contributed by atoms with Crippen LogP contribution >= 0.6 is 0 Å². The molecule has 0 radical (unpaired) electrons. The number of ether oxygens (including phenoxy) is 1. The number of benzene rings is 1. The predicted octanol–water partition coefficient (Wildman–Crippen LogP) is 3.22. The highest BCUT2D eigenvalue weighted by Gasteiger charge is 2.15. The molecule has 0 aliphatic carbocycles. The largest absolute Gasteiger partial charge is 0.383 e. The molecule has 0 unspecified atom stereocenters. The van der Waals surface area contributed by atoms with Gasteiger partial charge in [-0.15, -0.1) is 0 Å². The van der Waals surface area contributed by atoms with E-state index in [2.05, 4.69) is 10.3 Å². The Balaban J connectivity index is 2.01. The molecule has 0 aliphatic heterocycles. The molecule has 0 fully saturated rings. The first-order valence-corrected chi connectivity index (χ1v) is 8.79. The third kappa shape index (κ3) is 3.90. The maximum Gasteiger partial charge on any atom is 0.260 e. The summed E-state index contributed by atoms with van der Waals surface area (Å²) in [6.07, 6.45) is 1.70. The SMILES string of the molecule is COCCn1ccc2nc(C)c(C(=O)Nc3cc(C)ccc3C)cc2c1=O. The number of nitrogens with zero attached hydrogens (tertiary/aromatic N) is 2. The number of nitrogens with one attached hydrogen (secondary N) is 1. The number of pyridine rings is 2. The second-order valence-electron chi connectivity index (χ2n) is 6.63. The summed E-state index contributed by atoms with van der Waals surface area (Å²) in [6.45, 7) is 6.57. The molecule has 1 aromatic carbocycles. The van der Waals surface area contributed by atoms with E-state index in [9.17, 15) is 9.59 Å². The molecule has 1 N–H and O–H groups in total. The second kappa shape index (κ2) is 7.72. The van der Waals surface area contributed by atoms with Gasteiger partial charge in [0.2, 0.25) is 0 Å². The average Bonchev–Trinajstić information content (AvgIpc) is 2.64. The number of fused-ring (bicyclic) bond motifs is 1. The summed E-state index contributed by atoms with van der Waals surface area (Å²) in [5.41, 5.74) is 4.16. The number of carbonyl (C=O) groups is 1. The van der Waals surface area contributed by atoms with Crippen LogP contribution in [0.15, 0.2) is 41.3 Å². The predicted molar refractivity (Wildman–Crippen MR) is 106 cm³/mol. The molecule has 0 saturated heterocycles. The number of anilines is 1. The molecular formula is C21H23N3O3. The Kier molecular flexibility index (Phi) is 5.37. The van der Waals surface area contributed by atoms with Crippen molar-refractivity contribution >= 4 is 22.5 Å². The summed E-state index contributed by atoms with van der Waals surface area (Å²) in [5, 5.41) is 3.36. The van der Waals surface area contributed by atoms with Crippen molar-refractivity contribution in [2.75, 3.05) is 19.0 Å². The maximum atomic E-state index is 12.8. The third-order valence-corrected chi connectivity index (χ3v) is 4.57. The fourth-order valence-electron chi connectivity index (χ4n) is 2.96. The highest BCUT2D eigenvalue weighted by atomic mass is 16.5. The number of rotatable bonds is 5. The summed E-state index contributed by atoms with van der Waals surface area (Å²) in [5.74, 6) is -0.276. The van der Waals surface area contributed by atoms with Crippen LogP contribution in [0.1, 0.15) is 27.2 Å². The zero-order chi connectivity index (χ0) is 19.6. The van der Waals surface area contributed by atoms with Gasteiger partial charge in [-0.3, -0.25) is 14.6 Å². The molecule has 3 rings (SSSR count). The van der Waals surface area contributed by atoms with Crippen molar-refractivity contribution in [3.63, 3.8) is 0 Å². The van der Waals surface area contributed by atoms with E-state index in [0.717, 1.165) is 16.8 Å². The van der Waals surface area contributed by atoms with E-state index < -0.39 is 0 Å².